The summed E-state index contributed by atoms with van der Waals surface area (Å²) in [7, 11) is 2.15. The number of nitrogens with one attached hydrogen (secondary N) is 3. The Kier molecular flexibility index (Phi) is 6.26. The maximum atomic E-state index is 12.5. The number of hydrogen-bond acceptors (Lipinski definition) is 7. The van der Waals surface area contributed by atoms with Crippen LogP contribution in [0.15, 0.2) is 49.1 Å². The van der Waals surface area contributed by atoms with Gasteiger partial charge in [0.15, 0.2) is 5.65 Å². The monoisotopic (exact) mass is 523 g/mol. The molecule has 5 aromatic rings. The molecule has 39 heavy (non-hydrogen) atoms. The Morgan fingerprint density at radius 2 is 1.79 bits per heavy atom. The van der Waals surface area contributed by atoms with Crippen molar-refractivity contribution in [3.05, 3.63) is 49.1 Å². The fraction of sp³-hybridized carbons (Fsp3) is 0.345. The number of nitrogens with zero attached hydrogens (tertiary/aromatic N) is 6. The number of H-pyrrole nitrogens is 2. The number of hydrogen-bond donors (Lipinski definition) is 3. The number of piperazine rings is 1. The zero-order valence-electron chi connectivity index (χ0n) is 22.7. The maximum Gasteiger partial charge on any atom is 0.224 e. The second-order valence-corrected chi connectivity index (χ2v) is 11.5. The summed E-state index contributed by atoms with van der Waals surface area (Å²) in [6.45, 7) is 10.1. The number of carbonyl (C=O) groups excluding carboxylic acids is 1. The van der Waals surface area contributed by atoms with E-state index in [0.717, 1.165) is 70.8 Å². The van der Waals surface area contributed by atoms with Gasteiger partial charge in [0.1, 0.15) is 11.5 Å². The van der Waals surface area contributed by atoms with Crippen LogP contribution in [0.1, 0.15) is 27.2 Å². The van der Waals surface area contributed by atoms with Gasteiger partial charge in [-0.05, 0) is 36.7 Å². The topological polar surface area (TPSA) is 119 Å². The minimum atomic E-state index is -0.0916. The van der Waals surface area contributed by atoms with Crippen LogP contribution >= 0.6 is 0 Å². The Morgan fingerprint density at radius 1 is 1.00 bits per heavy atom. The van der Waals surface area contributed by atoms with Gasteiger partial charge in [-0.2, -0.15) is 5.10 Å². The minimum absolute atomic E-state index is 0.0311. The van der Waals surface area contributed by atoms with Gasteiger partial charge in [-0.25, -0.2) is 9.97 Å². The average Bonchev–Trinajstić information content (AvgIpc) is 3.52. The van der Waals surface area contributed by atoms with Crippen LogP contribution in [0.25, 0.3) is 44.5 Å². The van der Waals surface area contributed by atoms with Gasteiger partial charge in [0.2, 0.25) is 5.91 Å². The Balaban J connectivity index is 1.32. The van der Waals surface area contributed by atoms with Crippen LogP contribution < -0.4 is 10.2 Å². The van der Waals surface area contributed by atoms with Crippen LogP contribution in [0.3, 0.4) is 0 Å². The van der Waals surface area contributed by atoms with E-state index >= 15 is 0 Å². The van der Waals surface area contributed by atoms with Crippen LogP contribution in [0.5, 0.6) is 0 Å². The number of aromatic nitrogens is 6. The third-order valence-electron chi connectivity index (χ3n) is 7.05. The Hall–Kier alpha value is -4.31. The Bertz CT molecular complexity index is 1650. The SMILES string of the molecule is CN1CCN(c2nccc3[nH]c(-c4n[nH]c5ncc(-c6cncc(NC(=O)CC(C)(C)C)c6)cc45)cc23)CC1. The zero-order chi connectivity index (χ0) is 27.1. The van der Waals surface area contributed by atoms with Gasteiger partial charge in [-0.1, -0.05) is 20.8 Å². The molecule has 0 unspecified atom stereocenters. The van der Waals surface area contributed by atoms with E-state index in [1.165, 1.54) is 0 Å². The molecule has 10 heteroatoms. The highest BCUT2D eigenvalue weighted by atomic mass is 16.1. The molecule has 1 saturated heterocycles. The van der Waals surface area contributed by atoms with Crippen molar-refractivity contribution in [2.24, 2.45) is 5.41 Å². The standard InChI is InChI=1S/C29H33N9O/c1-29(2,3)14-25(39)33-20-11-18(15-30-17-20)19-12-22-26(35-36-27(22)32-16-19)24-13-21-23(34-24)5-6-31-28(21)38-9-7-37(4)8-10-38/h5-6,11-13,15-17,34H,7-10,14H2,1-4H3,(H,33,39)(H,32,35,36). The molecule has 0 atom stereocenters. The minimum Gasteiger partial charge on any atom is -0.353 e. The van der Waals surface area contributed by atoms with Crippen LogP contribution in [-0.4, -0.2) is 74.2 Å². The molecule has 0 bridgehead atoms. The first kappa shape index (κ1) is 25.0. The largest absolute Gasteiger partial charge is 0.353 e. The summed E-state index contributed by atoms with van der Waals surface area (Å²) in [6, 6.07) is 8.12. The van der Waals surface area contributed by atoms with Crippen molar-refractivity contribution in [2.45, 2.75) is 27.2 Å². The molecule has 1 aliphatic heterocycles. The van der Waals surface area contributed by atoms with E-state index in [0.29, 0.717) is 17.8 Å². The predicted octanol–water partition coefficient (Wildman–Crippen LogP) is 4.69. The highest BCUT2D eigenvalue weighted by Crippen LogP contribution is 2.34. The third kappa shape index (κ3) is 5.20. The number of fused-ring (bicyclic) bond motifs is 2. The molecule has 6 heterocycles. The van der Waals surface area contributed by atoms with Gasteiger partial charge < -0.3 is 20.1 Å². The Morgan fingerprint density at radius 3 is 2.59 bits per heavy atom. The van der Waals surface area contributed by atoms with Crippen molar-refractivity contribution < 1.29 is 4.79 Å². The molecular formula is C29H33N9O. The maximum absolute atomic E-state index is 12.5. The number of likely N-dealkylation sites (N-methyl/N-ethyl adjacent to an activating group) is 1. The second kappa shape index (κ2) is 9.77. The van der Waals surface area contributed by atoms with Gasteiger partial charge in [0.25, 0.3) is 0 Å². The highest BCUT2D eigenvalue weighted by Gasteiger charge is 2.20. The molecule has 0 saturated carbocycles. The lowest BCUT2D eigenvalue weighted by atomic mass is 9.92. The summed E-state index contributed by atoms with van der Waals surface area (Å²) in [6.07, 6.45) is 7.52. The predicted molar refractivity (Wildman–Crippen MR) is 155 cm³/mol. The molecular weight excluding hydrogens is 490 g/mol. The summed E-state index contributed by atoms with van der Waals surface area (Å²) in [5.41, 5.74) is 5.75. The van der Waals surface area contributed by atoms with Crippen LogP contribution in [0.4, 0.5) is 11.5 Å². The van der Waals surface area contributed by atoms with E-state index in [1.54, 1.807) is 18.6 Å². The zero-order valence-corrected chi connectivity index (χ0v) is 22.7. The lowest BCUT2D eigenvalue weighted by molar-refractivity contribution is -0.117. The van der Waals surface area contributed by atoms with E-state index in [-0.39, 0.29) is 11.3 Å². The molecule has 0 aromatic carbocycles. The number of amides is 1. The Labute approximate surface area is 226 Å². The van der Waals surface area contributed by atoms with Crippen LogP contribution in [0.2, 0.25) is 0 Å². The van der Waals surface area contributed by atoms with Crippen LogP contribution in [0, 0.1) is 5.41 Å². The summed E-state index contributed by atoms with van der Waals surface area (Å²) in [5, 5.41) is 12.6. The molecule has 10 nitrogen and oxygen atoms in total. The molecule has 0 aliphatic carbocycles. The molecule has 0 spiro atoms. The number of pyridine rings is 3. The van der Waals surface area contributed by atoms with Gasteiger partial charge in [0.05, 0.1) is 23.1 Å². The number of aromatic amines is 2. The van der Waals surface area contributed by atoms with E-state index in [2.05, 4.69) is 59.4 Å². The van der Waals surface area contributed by atoms with E-state index in [4.69, 9.17) is 4.98 Å². The van der Waals surface area contributed by atoms with Crippen LogP contribution in [-0.2, 0) is 4.79 Å². The summed E-state index contributed by atoms with van der Waals surface area (Å²) in [5.74, 6) is 0.967. The normalized spacial score (nSPS) is 14.8. The summed E-state index contributed by atoms with van der Waals surface area (Å²) < 4.78 is 0. The van der Waals surface area contributed by atoms with Crippen molar-refractivity contribution in [2.75, 3.05) is 43.4 Å². The van der Waals surface area contributed by atoms with E-state index in [1.807, 2.05) is 39.1 Å². The fourth-order valence-corrected chi connectivity index (χ4v) is 5.06. The molecule has 1 aliphatic rings. The molecule has 5 aromatic heterocycles. The number of anilines is 2. The van der Waals surface area contributed by atoms with Crippen molar-refractivity contribution >= 4 is 39.3 Å². The van der Waals surface area contributed by atoms with E-state index < -0.39 is 0 Å². The second-order valence-electron chi connectivity index (χ2n) is 11.5. The molecule has 1 amide bonds. The van der Waals surface area contributed by atoms with Gasteiger partial charge in [-0.15, -0.1) is 0 Å². The smallest absolute Gasteiger partial charge is 0.224 e. The van der Waals surface area contributed by atoms with E-state index in [9.17, 15) is 4.79 Å². The average molecular weight is 524 g/mol. The lowest BCUT2D eigenvalue weighted by Crippen LogP contribution is -2.44. The van der Waals surface area contributed by atoms with Gasteiger partial charge in [0, 0.05) is 73.1 Å². The number of carbonyl (C=O) groups is 1. The van der Waals surface area contributed by atoms with Gasteiger partial charge in [-0.3, -0.25) is 14.9 Å². The third-order valence-corrected chi connectivity index (χ3v) is 7.05. The quantitative estimate of drug-likeness (QED) is 0.306. The first-order chi connectivity index (χ1) is 18.7. The first-order valence-corrected chi connectivity index (χ1v) is 13.2. The van der Waals surface area contributed by atoms with Crippen molar-refractivity contribution in [3.8, 4) is 22.5 Å². The number of rotatable bonds is 5. The van der Waals surface area contributed by atoms with Crippen molar-refractivity contribution in [1.29, 1.82) is 0 Å². The molecule has 1 fully saturated rings. The molecule has 6 rings (SSSR count). The van der Waals surface area contributed by atoms with Crippen molar-refractivity contribution in [3.63, 3.8) is 0 Å². The molecule has 0 radical (unpaired) electrons. The molecule has 3 N–H and O–H groups in total. The summed E-state index contributed by atoms with van der Waals surface area (Å²) in [4.78, 5) is 34.4. The van der Waals surface area contributed by atoms with Crippen molar-refractivity contribution in [1.82, 2.24) is 35.0 Å². The van der Waals surface area contributed by atoms with Gasteiger partial charge >= 0.3 is 0 Å². The fourth-order valence-electron chi connectivity index (χ4n) is 5.06. The first-order valence-electron chi connectivity index (χ1n) is 13.2. The molecule has 200 valence electrons. The lowest BCUT2D eigenvalue weighted by Gasteiger charge is -2.33. The summed E-state index contributed by atoms with van der Waals surface area (Å²) >= 11 is 0. The highest BCUT2D eigenvalue weighted by molar-refractivity contribution is 5.99.